The number of aliphatic carboxylic acids is 1. The first-order chi connectivity index (χ1) is 8.54. The summed E-state index contributed by atoms with van der Waals surface area (Å²) < 4.78 is 23.0. The number of hydrogen-bond donors (Lipinski definition) is 1. The van der Waals surface area contributed by atoms with Crippen LogP contribution in [0.5, 0.6) is 0 Å². The van der Waals surface area contributed by atoms with Crippen molar-refractivity contribution in [2.45, 2.75) is 27.2 Å². The normalized spacial score (nSPS) is 21.5. The van der Waals surface area contributed by atoms with Crippen molar-refractivity contribution in [1.29, 1.82) is 0 Å². The average molecular weight is 291 g/mol. The molecule has 1 N–H and O–H groups in total. The Hall–Kier alpha value is -1.11. The molecule has 0 bridgehead atoms. The van der Waals surface area contributed by atoms with Gasteiger partial charge in [0.15, 0.2) is 9.84 Å². The van der Waals surface area contributed by atoms with Gasteiger partial charge in [0.05, 0.1) is 11.5 Å². The lowest BCUT2D eigenvalue weighted by atomic mass is 9.80. The summed E-state index contributed by atoms with van der Waals surface area (Å²) in [6.07, 6.45) is 0.366. The first kappa shape index (κ1) is 15.9. The number of hydrogen-bond acceptors (Lipinski definition) is 4. The van der Waals surface area contributed by atoms with E-state index in [0.29, 0.717) is 13.0 Å². The lowest BCUT2D eigenvalue weighted by molar-refractivity contribution is -0.156. The van der Waals surface area contributed by atoms with Crippen molar-refractivity contribution in [1.82, 2.24) is 4.90 Å². The van der Waals surface area contributed by atoms with E-state index in [1.165, 1.54) is 4.90 Å². The molecule has 1 aliphatic rings. The summed E-state index contributed by atoms with van der Waals surface area (Å²) in [6, 6.07) is 0. The van der Waals surface area contributed by atoms with Crippen LogP contribution in [0.2, 0.25) is 0 Å². The van der Waals surface area contributed by atoms with Crippen molar-refractivity contribution in [2.24, 2.45) is 11.3 Å². The van der Waals surface area contributed by atoms with E-state index < -0.39 is 33.0 Å². The molecule has 0 aromatic carbocycles. The van der Waals surface area contributed by atoms with Crippen LogP contribution in [0, 0.1) is 11.3 Å². The topological polar surface area (TPSA) is 91.8 Å². The van der Waals surface area contributed by atoms with E-state index in [-0.39, 0.29) is 18.1 Å². The van der Waals surface area contributed by atoms with E-state index >= 15 is 0 Å². The Balaban J connectivity index is 2.89. The van der Waals surface area contributed by atoms with Gasteiger partial charge in [0.25, 0.3) is 0 Å². The molecule has 0 aromatic heterocycles. The van der Waals surface area contributed by atoms with Gasteiger partial charge in [0.1, 0.15) is 5.92 Å². The van der Waals surface area contributed by atoms with Gasteiger partial charge in [-0.05, 0) is 11.8 Å². The zero-order chi connectivity index (χ0) is 14.8. The van der Waals surface area contributed by atoms with Crippen molar-refractivity contribution in [3.63, 3.8) is 0 Å². The van der Waals surface area contributed by atoms with E-state index in [1.54, 1.807) is 20.8 Å². The van der Waals surface area contributed by atoms with Gasteiger partial charge < -0.3 is 10.0 Å². The Morgan fingerprint density at radius 3 is 2.21 bits per heavy atom. The molecule has 1 saturated heterocycles. The second kappa shape index (κ2) is 5.48. The van der Waals surface area contributed by atoms with E-state index in [9.17, 15) is 23.1 Å². The predicted octanol–water partition coefficient (Wildman–Crippen LogP) is 0.380. The quantitative estimate of drug-likeness (QED) is 0.743. The molecule has 19 heavy (non-hydrogen) atoms. The summed E-state index contributed by atoms with van der Waals surface area (Å²) in [5, 5.41) is 9.22. The van der Waals surface area contributed by atoms with Crippen LogP contribution in [0.15, 0.2) is 0 Å². The minimum absolute atomic E-state index is 0.0596. The molecule has 1 rings (SSSR count). The molecule has 110 valence electrons. The number of carbonyl (C=O) groups is 2. The van der Waals surface area contributed by atoms with E-state index in [1.807, 2.05) is 0 Å². The largest absolute Gasteiger partial charge is 0.481 e. The van der Waals surface area contributed by atoms with Gasteiger partial charge in [-0.1, -0.05) is 20.8 Å². The Morgan fingerprint density at radius 2 is 1.74 bits per heavy atom. The fraction of sp³-hybridized carbons (Fsp3) is 0.833. The minimum Gasteiger partial charge on any atom is -0.481 e. The molecule has 0 aromatic rings. The van der Waals surface area contributed by atoms with Gasteiger partial charge in [-0.15, -0.1) is 0 Å². The van der Waals surface area contributed by atoms with Crippen molar-refractivity contribution in [2.75, 3.05) is 24.6 Å². The van der Waals surface area contributed by atoms with Crippen molar-refractivity contribution < 1.29 is 23.1 Å². The van der Waals surface area contributed by atoms with Crippen molar-refractivity contribution in [3.05, 3.63) is 0 Å². The molecule has 1 unspecified atom stereocenters. The number of sulfone groups is 1. The van der Waals surface area contributed by atoms with Crippen LogP contribution in [0.4, 0.5) is 0 Å². The predicted molar refractivity (Wildman–Crippen MR) is 70.4 cm³/mol. The number of rotatable bonds is 2. The van der Waals surface area contributed by atoms with Gasteiger partial charge in [0, 0.05) is 13.1 Å². The number of nitrogens with zero attached hydrogens (tertiary/aromatic N) is 1. The molecule has 6 nitrogen and oxygen atoms in total. The SMILES string of the molecule is CC(C)(C)C(C(=O)O)C(=O)N1CCCS(=O)(=O)CC1. The van der Waals surface area contributed by atoms with Crippen LogP contribution >= 0.6 is 0 Å². The molecule has 0 aliphatic carbocycles. The van der Waals surface area contributed by atoms with Gasteiger partial charge in [-0.2, -0.15) is 0 Å². The Bertz CT molecular complexity index is 463. The van der Waals surface area contributed by atoms with Crippen molar-refractivity contribution >= 4 is 21.7 Å². The van der Waals surface area contributed by atoms with E-state index in [2.05, 4.69) is 0 Å². The van der Waals surface area contributed by atoms with Crippen LogP contribution in [-0.2, 0) is 19.4 Å². The molecule has 0 saturated carbocycles. The number of carbonyl (C=O) groups excluding carboxylic acids is 1. The third kappa shape index (κ3) is 4.19. The molecular weight excluding hydrogens is 270 g/mol. The van der Waals surface area contributed by atoms with Crippen LogP contribution in [0.25, 0.3) is 0 Å². The molecule has 7 heteroatoms. The monoisotopic (exact) mass is 291 g/mol. The summed E-state index contributed by atoms with van der Waals surface area (Å²) >= 11 is 0. The van der Waals surface area contributed by atoms with Gasteiger partial charge in [0.2, 0.25) is 5.91 Å². The summed E-state index contributed by atoms with van der Waals surface area (Å²) in [5.74, 6) is -2.82. The van der Waals surface area contributed by atoms with Crippen molar-refractivity contribution in [3.8, 4) is 0 Å². The highest BCUT2D eigenvalue weighted by Gasteiger charge is 2.40. The molecule has 0 spiro atoms. The maximum Gasteiger partial charge on any atom is 0.316 e. The number of amides is 1. The maximum atomic E-state index is 12.3. The summed E-state index contributed by atoms with van der Waals surface area (Å²) in [5.41, 5.74) is -0.700. The zero-order valence-corrected chi connectivity index (χ0v) is 12.4. The second-order valence-corrected chi connectivity index (χ2v) is 8.27. The first-order valence-electron chi connectivity index (χ1n) is 6.26. The highest BCUT2D eigenvalue weighted by atomic mass is 32.2. The van der Waals surface area contributed by atoms with Gasteiger partial charge in [-0.3, -0.25) is 9.59 Å². The van der Waals surface area contributed by atoms with Crippen LogP contribution < -0.4 is 0 Å². The van der Waals surface area contributed by atoms with Crippen LogP contribution in [-0.4, -0.2) is 54.9 Å². The maximum absolute atomic E-state index is 12.3. The Morgan fingerprint density at radius 1 is 1.16 bits per heavy atom. The van der Waals surface area contributed by atoms with Crippen LogP contribution in [0.1, 0.15) is 27.2 Å². The summed E-state index contributed by atoms with van der Waals surface area (Å²) in [6.45, 7) is 5.47. The summed E-state index contributed by atoms with van der Waals surface area (Å²) in [7, 11) is -3.11. The van der Waals surface area contributed by atoms with Gasteiger partial charge in [-0.25, -0.2) is 8.42 Å². The van der Waals surface area contributed by atoms with E-state index in [0.717, 1.165) is 0 Å². The number of carboxylic acids is 1. The zero-order valence-electron chi connectivity index (χ0n) is 11.5. The first-order valence-corrected chi connectivity index (χ1v) is 8.09. The fourth-order valence-electron chi connectivity index (χ4n) is 2.19. The van der Waals surface area contributed by atoms with Gasteiger partial charge >= 0.3 is 5.97 Å². The molecular formula is C12H21NO5S. The number of carboxylic acid groups (broad SMARTS) is 1. The molecule has 0 radical (unpaired) electrons. The molecule has 1 atom stereocenters. The molecule has 1 aliphatic heterocycles. The Labute approximate surface area is 113 Å². The third-order valence-electron chi connectivity index (χ3n) is 3.23. The van der Waals surface area contributed by atoms with E-state index in [4.69, 9.17) is 0 Å². The standard InChI is InChI=1S/C12H21NO5S/c1-12(2,3)9(11(15)16)10(14)13-5-4-7-19(17,18)8-6-13/h9H,4-8H2,1-3H3,(H,15,16). The lowest BCUT2D eigenvalue weighted by Gasteiger charge is -2.31. The highest BCUT2D eigenvalue weighted by Crippen LogP contribution is 2.28. The summed E-state index contributed by atoms with van der Waals surface area (Å²) in [4.78, 5) is 24.9. The second-order valence-electron chi connectivity index (χ2n) is 5.97. The fourth-order valence-corrected chi connectivity index (χ4v) is 3.46. The molecule has 1 heterocycles. The highest BCUT2D eigenvalue weighted by molar-refractivity contribution is 7.91. The minimum atomic E-state index is -3.11. The molecule has 1 amide bonds. The average Bonchev–Trinajstić information content (AvgIpc) is 2.36. The lowest BCUT2D eigenvalue weighted by Crippen LogP contribution is -2.46. The smallest absolute Gasteiger partial charge is 0.316 e. The Kier molecular flexibility index (Phi) is 4.60. The molecule has 1 fully saturated rings. The third-order valence-corrected chi connectivity index (χ3v) is 4.94. The van der Waals surface area contributed by atoms with Crippen LogP contribution in [0.3, 0.4) is 0 Å².